The van der Waals surface area contributed by atoms with Gasteiger partial charge in [0.05, 0.1) is 0 Å². The molecule has 0 heterocycles. The predicted octanol–water partition coefficient (Wildman–Crippen LogP) is -1.79. The first-order valence-electron chi connectivity index (χ1n) is 9.40. The third-order valence-electron chi connectivity index (χ3n) is 4.15. The van der Waals surface area contributed by atoms with Crippen LogP contribution in [0.2, 0.25) is 0 Å². The van der Waals surface area contributed by atoms with E-state index >= 15 is 0 Å². The van der Waals surface area contributed by atoms with Crippen LogP contribution in [0, 0.1) is 0 Å². The maximum absolute atomic E-state index is 13.6. The first kappa shape index (κ1) is 50.8. The van der Waals surface area contributed by atoms with Gasteiger partial charge in [0, 0.05) is 0 Å². The molecule has 0 aliphatic rings. The van der Waals surface area contributed by atoms with Crippen molar-refractivity contribution in [3.8, 4) is 0 Å². The molecule has 47 heavy (non-hydrogen) atoms. The second-order valence-corrected chi connectivity index (χ2v) is 10.4. The van der Waals surface area contributed by atoms with E-state index in [9.17, 15) is 114 Å². The SMILES string of the molecule is O=S(=O)([O-])C(F)(F)C(F)(F)OC(F)C(F)(F)OCC(F)(F)C(F)(F)C(F)(F)COC(F)(F)C(F)OC(F)(F)C(F)(F)S(=O)(=O)[O-].[Li+].[Li+]. The van der Waals surface area contributed by atoms with Crippen LogP contribution in [0.4, 0.5) is 87.8 Å². The maximum Gasteiger partial charge on any atom is 1.00 e. The molecule has 0 aromatic heterocycles. The van der Waals surface area contributed by atoms with Crippen LogP contribution in [0.3, 0.4) is 0 Å². The van der Waals surface area contributed by atoms with Crippen molar-refractivity contribution in [2.45, 2.75) is 65.4 Å². The molecule has 0 rings (SSSR count). The second kappa shape index (κ2) is 15.0. The molecule has 0 aliphatic carbocycles. The zero-order chi connectivity index (χ0) is 36.9. The van der Waals surface area contributed by atoms with Gasteiger partial charge in [-0.15, -0.1) is 0 Å². The standard InChI is InChI=1S/C13H8F20O10S2.2Li/c14-3(42-10(26,27)12(30,31)44(34,35)36)7(20,21)40-1-5(16,17)9(24,25)6(18,19)2-41-8(22,23)4(15)43-11(28,29)13(32,33)45(37,38)39;;/h3-4H,1-2H2,(H,34,35,36)(H,37,38,39);;/q;2*+1/p-2. The fourth-order valence-electron chi connectivity index (χ4n) is 1.78. The molecule has 0 spiro atoms. The van der Waals surface area contributed by atoms with E-state index in [1.165, 1.54) is 0 Å². The molecule has 272 valence electrons. The summed E-state index contributed by atoms with van der Waals surface area (Å²) in [5.74, 6) is -21.5. The van der Waals surface area contributed by atoms with Crippen LogP contribution in [0.5, 0.6) is 0 Å². The van der Waals surface area contributed by atoms with E-state index in [0.29, 0.717) is 0 Å². The fourth-order valence-corrected chi connectivity index (χ4v) is 2.46. The van der Waals surface area contributed by atoms with Crippen LogP contribution in [-0.2, 0) is 39.2 Å². The van der Waals surface area contributed by atoms with Gasteiger partial charge in [0.15, 0.2) is 20.2 Å². The largest absolute Gasteiger partial charge is 1.00 e. The van der Waals surface area contributed by atoms with E-state index in [1.54, 1.807) is 0 Å². The van der Waals surface area contributed by atoms with Crippen LogP contribution in [0.15, 0.2) is 0 Å². The average Bonchev–Trinajstić information content (AvgIpc) is 2.79. The molecule has 34 heteroatoms. The first-order valence-corrected chi connectivity index (χ1v) is 12.2. The molecule has 0 saturated heterocycles. The van der Waals surface area contributed by atoms with E-state index in [4.69, 9.17) is 0 Å². The first-order chi connectivity index (χ1) is 19.2. The van der Waals surface area contributed by atoms with Gasteiger partial charge in [0.1, 0.15) is 13.2 Å². The number of alkyl halides is 20. The van der Waals surface area contributed by atoms with Gasteiger partial charge in [-0.2, -0.15) is 79.0 Å². The Hall–Kier alpha value is -0.545. The molecule has 2 unspecified atom stereocenters. The van der Waals surface area contributed by atoms with Crippen LogP contribution in [0.1, 0.15) is 0 Å². The number of rotatable bonds is 18. The van der Waals surface area contributed by atoms with Crippen molar-refractivity contribution in [1.82, 2.24) is 0 Å². The van der Waals surface area contributed by atoms with Crippen molar-refractivity contribution in [1.29, 1.82) is 0 Å². The quantitative estimate of drug-likeness (QED) is 0.0887. The average molecular weight is 780 g/mol. The molecule has 0 fully saturated rings. The minimum absolute atomic E-state index is 0. The van der Waals surface area contributed by atoms with Crippen molar-refractivity contribution >= 4 is 20.2 Å². The minimum atomic E-state index is -7.58. The van der Waals surface area contributed by atoms with E-state index < -0.39 is 98.9 Å². The number of halogens is 20. The monoisotopic (exact) mass is 780 g/mol. The van der Waals surface area contributed by atoms with Gasteiger partial charge < -0.3 is 18.6 Å². The third-order valence-corrected chi connectivity index (χ3v) is 5.88. The van der Waals surface area contributed by atoms with Crippen molar-refractivity contribution in [3.63, 3.8) is 0 Å². The summed E-state index contributed by atoms with van der Waals surface area (Å²) in [6.45, 7) is -8.16. The van der Waals surface area contributed by atoms with Crippen LogP contribution in [0.25, 0.3) is 0 Å². The van der Waals surface area contributed by atoms with E-state index in [1.807, 2.05) is 9.47 Å². The van der Waals surface area contributed by atoms with E-state index in [2.05, 4.69) is 9.47 Å². The summed E-state index contributed by atoms with van der Waals surface area (Å²) in [4.78, 5) is 0. The minimum Gasteiger partial charge on any atom is -0.743 e. The van der Waals surface area contributed by atoms with Gasteiger partial charge in [-0.25, -0.2) is 25.6 Å². The molecule has 0 aliphatic heterocycles. The zero-order valence-corrected chi connectivity index (χ0v) is 23.2. The van der Waals surface area contributed by atoms with Gasteiger partial charge in [-0.1, -0.05) is 0 Å². The molecule has 0 bridgehead atoms. The van der Waals surface area contributed by atoms with Crippen molar-refractivity contribution in [2.75, 3.05) is 13.2 Å². The molecule has 2 atom stereocenters. The predicted molar refractivity (Wildman–Crippen MR) is 87.8 cm³/mol. The summed E-state index contributed by atoms with van der Waals surface area (Å²) in [6, 6.07) is 0. The Balaban J connectivity index is -0.00000968. The molecular weight excluding hydrogens is 774 g/mol. The summed E-state index contributed by atoms with van der Waals surface area (Å²) in [5.41, 5.74) is 0. The Morgan fingerprint density at radius 1 is 0.489 bits per heavy atom. The van der Waals surface area contributed by atoms with Gasteiger partial charge in [-0.3, -0.25) is 9.47 Å². The topological polar surface area (TPSA) is 151 Å². The van der Waals surface area contributed by atoms with E-state index in [0.717, 1.165) is 0 Å². The number of ether oxygens (including phenoxy) is 4. The number of hydrogen-bond donors (Lipinski definition) is 0. The maximum atomic E-state index is 13.6. The summed E-state index contributed by atoms with van der Waals surface area (Å²) in [7, 11) is -15.2. The van der Waals surface area contributed by atoms with Gasteiger partial charge in [-0.05, 0) is 0 Å². The van der Waals surface area contributed by atoms with Crippen LogP contribution >= 0.6 is 0 Å². The summed E-state index contributed by atoms with van der Waals surface area (Å²) >= 11 is 0. The summed E-state index contributed by atoms with van der Waals surface area (Å²) in [6.07, 6.45) is -38.8. The zero-order valence-electron chi connectivity index (χ0n) is 21.5. The Morgan fingerprint density at radius 2 is 0.702 bits per heavy atom. The molecule has 0 aromatic rings. The second-order valence-electron chi connectivity index (χ2n) is 7.53. The van der Waals surface area contributed by atoms with Crippen molar-refractivity contribution in [3.05, 3.63) is 0 Å². The van der Waals surface area contributed by atoms with Crippen molar-refractivity contribution < 1.29 is 170 Å². The summed E-state index contributed by atoms with van der Waals surface area (Å²) < 4.78 is 333. The molecule has 0 radical (unpaired) electrons. The molecule has 0 N–H and O–H groups in total. The van der Waals surface area contributed by atoms with Crippen molar-refractivity contribution in [2.24, 2.45) is 0 Å². The molecular formula is C13H6F20Li2O10S2. The Bertz CT molecular complexity index is 1170. The molecule has 0 aromatic carbocycles. The summed E-state index contributed by atoms with van der Waals surface area (Å²) in [5, 5.41) is -14.2. The van der Waals surface area contributed by atoms with Gasteiger partial charge in [0.25, 0.3) is 12.7 Å². The van der Waals surface area contributed by atoms with Crippen LogP contribution in [-0.4, -0.2) is 105 Å². The van der Waals surface area contributed by atoms with E-state index in [-0.39, 0.29) is 37.7 Å². The Labute approximate surface area is 269 Å². The Morgan fingerprint density at radius 3 is 0.894 bits per heavy atom. The van der Waals surface area contributed by atoms with Gasteiger partial charge in [0.2, 0.25) is 0 Å². The van der Waals surface area contributed by atoms with Crippen LogP contribution < -0.4 is 37.7 Å². The normalized spacial score (nSPS) is 16.6. The molecule has 10 nitrogen and oxygen atoms in total. The smallest absolute Gasteiger partial charge is 0.743 e. The fraction of sp³-hybridized carbons (Fsp3) is 1.00. The van der Waals surface area contributed by atoms with Gasteiger partial charge >= 0.3 is 90.4 Å². The third kappa shape index (κ3) is 10.7. The molecule has 0 saturated carbocycles. The Kier molecular flexibility index (Phi) is 16.2. The number of hydrogen-bond acceptors (Lipinski definition) is 10. The molecule has 0 amide bonds.